The number of carbonyl (C=O) groups is 3. The number of benzene rings is 3. The molecule has 3 aromatic carbocycles. The number of aliphatic carboxylic acids is 2. The third-order valence-electron chi connectivity index (χ3n) is 6.08. The summed E-state index contributed by atoms with van der Waals surface area (Å²) in [6, 6.07) is 23.0. The zero-order valence-electron chi connectivity index (χ0n) is 19.7. The van der Waals surface area contributed by atoms with E-state index >= 15 is 0 Å². The molecule has 0 saturated heterocycles. The summed E-state index contributed by atoms with van der Waals surface area (Å²) in [5.41, 5.74) is 4.05. The van der Waals surface area contributed by atoms with E-state index in [0.717, 1.165) is 22.3 Å². The Morgan fingerprint density at radius 3 is 2.06 bits per heavy atom. The lowest BCUT2D eigenvalue weighted by molar-refractivity contribution is -0.149. The topological polar surface area (TPSA) is 104 Å². The number of nitrogens with one attached hydrogen (secondary N) is 1. The molecule has 0 bridgehead atoms. The van der Waals surface area contributed by atoms with Gasteiger partial charge >= 0.3 is 11.9 Å². The van der Waals surface area contributed by atoms with Crippen molar-refractivity contribution in [2.24, 2.45) is 5.92 Å². The highest BCUT2D eigenvalue weighted by molar-refractivity contribution is 6.42. The Hall–Kier alpha value is -3.35. The van der Waals surface area contributed by atoms with Crippen LogP contribution in [0.1, 0.15) is 36.8 Å². The van der Waals surface area contributed by atoms with Gasteiger partial charge in [0.25, 0.3) is 0 Å². The molecule has 0 aliphatic carbocycles. The minimum absolute atomic E-state index is 0.168. The van der Waals surface area contributed by atoms with Crippen LogP contribution >= 0.6 is 23.2 Å². The van der Waals surface area contributed by atoms with Crippen molar-refractivity contribution in [1.82, 2.24) is 5.32 Å². The second-order valence-corrected chi connectivity index (χ2v) is 9.55. The van der Waals surface area contributed by atoms with Crippen LogP contribution in [-0.4, -0.2) is 34.1 Å². The summed E-state index contributed by atoms with van der Waals surface area (Å²) in [5.74, 6) is -4.56. The van der Waals surface area contributed by atoms with Crippen LogP contribution in [0.25, 0.3) is 11.1 Å². The average molecular weight is 528 g/mol. The lowest BCUT2D eigenvalue weighted by Gasteiger charge is -2.26. The maximum Gasteiger partial charge on any atom is 0.307 e. The highest BCUT2D eigenvalue weighted by atomic mass is 35.5. The first-order chi connectivity index (χ1) is 17.1. The van der Waals surface area contributed by atoms with E-state index in [1.54, 1.807) is 12.1 Å². The molecule has 0 aliphatic rings. The fourth-order valence-electron chi connectivity index (χ4n) is 4.15. The van der Waals surface area contributed by atoms with E-state index in [9.17, 15) is 19.5 Å². The van der Waals surface area contributed by atoms with Crippen molar-refractivity contribution in [3.8, 4) is 11.1 Å². The van der Waals surface area contributed by atoms with Crippen molar-refractivity contribution in [1.29, 1.82) is 0 Å². The third-order valence-corrected chi connectivity index (χ3v) is 6.82. The second kappa shape index (κ2) is 12.6. The maximum absolute atomic E-state index is 12.7. The number of carboxylic acids is 2. The zero-order valence-corrected chi connectivity index (χ0v) is 21.2. The summed E-state index contributed by atoms with van der Waals surface area (Å²) in [6.45, 7) is 1.85. The molecule has 3 atom stereocenters. The van der Waals surface area contributed by atoms with Gasteiger partial charge in [-0.15, -0.1) is 0 Å². The minimum atomic E-state index is -1.32. The standard InChI is InChI=1S/C28H27Cl2NO5/c1-17(31-26(32)15-22(28(35)36)16-27(33)34)23(13-18-7-12-24(29)25(30)14-18)21-10-8-20(9-11-21)19-5-3-2-4-6-19/h2-12,14,17,22-23H,13,15-16H2,1H3,(H,31,32)(H,33,34)(H,35,36)/t17-,22-,23+/m0/s1. The number of rotatable bonds is 11. The van der Waals surface area contributed by atoms with Gasteiger partial charge in [0, 0.05) is 18.4 Å². The van der Waals surface area contributed by atoms with Crippen molar-refractivity contribution in [3.63, 3.8) is 0 Å². The van der Waals surface area contributed by atoms with Crippen molar-refractivity contribution in [2.75, 3.05) is 0 Å². The highest BCUT2D eigenvalue weighted by Gasteiger charge is 2.27. The van der Waals surface area contributed by atoms with Gasteiger partial charge in [-0.3, -0.25) is 14.4 Å². The Balaban J connectivity index is 1.84. The summed E-state index contributed by atoms with van der Waals surface area (Å²) in [7, 11) is 0. The van der Waals surface area contributed by atoms with Crippen molar-refractivity contribution in [2.45, 2.75) is 38.1 Å². The number of halogens is 2. The van der Waals surface area contributed by atoms with E-state index < -0.39 is 36.6 Å². The molecule has 3 N–H and O–H groups in total. The van der Waals surface area contributed by atoms with Crippen molar-refractivity contribution >= 4 is 41.0 Å². The molecule has 0 fully saturated rings. The second-order valence-electron chi connectivity index (χ2n) is 8.74. The van der Waals surface area contributed by atoms with Gasteiger partial charge in [-0.25, -0.2) is 0 Å². The summed E-state index contributed by atoms with van der Waals surface area (Å²) < 4.78 is 0. The summed E-state index contributed by atoms with van der Waals surface area (Å²) >= 11 is 12.3. The Morgan fingerprint density at radius 2 is 1.47 bits per heavy atom. The van der Waals surface area contributed by atoms with Gasteiger partial charge in [-0.1, -0.05) is 83.9 Å². The Kier molecular flexibility index (Phi) is 9.51. The van der Waals surface area contributed by atoms with E-state index in [4.69, 9.17) is 28.3 Å². The van der Waals surface area contributed by atoms with Crippen LogP contribution in [0.2, 0.25) is 10.0 Å². The zero-order chi connectivity index (χ0) is 26.2. The van der Waals surface area contributed by atoms with Gasteiger partial charge < -0.3 is 15.5 Å². The van der Waals surface area contributed by atoms with Gasteiger partial charge in [0.2, 0.25) is 5.91 Å². The first kappa shape index (κ1) is 27.2. The average Bonchev–Trinajstić information content (AvgIpc) is 2.84. The van der Waals surface area contributed by atoms with E-state index in [-0.39, 0.29) is 12.0 Å². The third kappa shape index (κ3) is 7.57. The lowest BCUT2D eigenvalue weighted by Crippen LogP contribution is -2.39. The predicted octanol–water partition coefficient (Wildman–Crippen LogP) is 6.06. The number of hydrogen-bond donors (Lipinski definition) is 3. The fourth-order valence-corrected chi connectivity index (χ4v) is 4.47. The van der Waals surface area contributed by atoms with Gasteiger partial charge in [-0.05, 0) is 47.7 Å². The molecule has 0 radical (unpaired) electrons. The van der Waals surface area contributed by atoms with Crippen molar-refractivity contribution < 1.29 is 24.6 Å². The minimum Gasteiger partial charge on any atom is -0.481 e. The molecule has 3 aromatic rings. The predicted molar refractivity (Wildman–Crippen MR) is 140 cm³/mol. The van der Waals surface area contributed by atoms with Crippen LogP contribution in [0.5, 0.6) is 0 Å². The van der Waals surface area contributed by atoms with E-state index in [1.165, 1.54) is 0 Å². The van der Waals surface area contributed by atoms with Crippen LogP contribution in [0.4, 0.5) is 0 Å². The van der Waals surface area contributed by atoms with E-state index in [1.807, 2.05) is 67.6 Å². The smallest absolute Gasteiger partial charge is 0.307 e. The van der Waals surface area contributed by atoms with Crippen LogP contribution in [0, 0.1) is 5.92 Å². The lowest BCUT2D eigenvalue weighted by atomic mass is 9.85. The van der Waals surface area contributed by atoms with Gasteiger partial charge in [0.15, 0.2) is 0 Å². The SMILES string of the molecule is C[C@H](NC(=O)C[C@@H](CC(=O)O)C(=O)O)[C@@H](Cc1ccc(Cl)c(Cl)c1)c1ccc(-c2ccccc2)cc1. The number of amides is 1. The fraction of sp³-hybridized carbons (Fsp3) is 0.250. The summed E-state index contributed by atoms with van der Waals surface area (Å²) in [4.78, 5) is 35.0. The maximum atomic E-state index is 12.7. The molecule has 6 nitrogen and oxygen atoms in total. The Bertz CT molecular complexity index is 1210. The molecule has 0 heterocycles. The molecule has 188 valence electrons. The van der Waals surface area contributed by atoms with Crippen molar-refractivity contribution in [3.05, 3.63) is 94.0 Å². The van der Waals surface area contributed by atoms with Crippen LogP contribution in [0.15, 0.2) is 72.8 Å². The Labute approximate surface area is 219 Å². The first-order valence-electron chi connectivity index (χ1n) is 11.5. The Morgan fingerprint density at radius 1 is 0.833 bits per heavy atom. The molecule has 3 rings (SSSR count). The number of hydrogen-bond acceptors (Lipinski definition) is 3. The van der Waals surface area contributed by atoms with Gasteiger partial charge in [0.05, 0.1) is 22.4 Å². The molecular formula is C28H27Cl2NO5. The molecule has 0 saturated carbocycles. The highest BCUT2D eigenvalue weighted by Crippen LogP contribution is 2.30. The quantitative estimate of drug-likeness (QED) is 0.281. The monoisotopic (exact) mass is 527 g/mol. The molecule has 8 heteroatoms. The van der Waals surface area contributed by atoms with E-state index in [2.05, 4.69) is 5.32 Å². The summed E-state index contributed by atoms with van der Waals surface area (Å²) in [5, 5.41) is 22.0. The molecule has 36 heavy (non-hydrogen) atoms. The molecule has 0 aliphatic heterocycles. The number of carbonyl (C=O) groups excluding carboxylic acids is 1. The molecule has 0 unspecified atom stereocenters. The molecular weight excluding hydrogens is 501 g/mol. The van der Waals surface area contributed by atoms with Gasteiger partial charge in [-0.2, -0.15) is 0 Å². The molecule has 0 spiro atoms. The first-order valence-corrected chi connectivity index (χ1v) is 12.2. The summed E-state index contributed by atoms with van der Waals surface area (Å²) in [6.07, 6.45) is -0.496. The van der Waals surface area contributed by atoms with Crippen LogP contribution in [-0.2, 0) is 20.8 Å². The van der Waals surface area contributed by atoms with Gasteiger partial charge in [0.1, 0.15) is 0 Å². The van der Waals surface area contributed by atoms with Crippen LogP contribution < -0.4 is 5.32 Å². The molecule has 1 amide bonds. The largest absolute Gasteiger partial charge is 0.481 e. The van der Waals surface area contributed by atoms with Crippen LogP contribution in [0.3, 0.4) is 0 Å². The molecule has 0 aromatic heterocycles. The normalized spacial score (nSPS) is 13.4. The number of carboxylic acid groups (broad SMARTS) is 2. The van der Waals surface area contributed by atoms with E-state index in [0.29, 0.717) is 16.5 Å².